The lowest BCUT2D eigenvalue weighted by atomic mass is 9.96. The molecular weight excluding hydrogens is 222 g/mol. The molecule has 1 rings (SSSR count). The number of piperidine rings is 1. The molecular formula is C12H21NO4. The van der Waals surface area contributed by atoms with Gasteiger partial charge in [-0.3, -0.25) is 9.59 Å². The number of likely N-dealkylation sites (tertiary alicyclic amines) is 1. The van der Waals surface area contributed by atoms with Crippen molar-refractivity contribution in [3.05, 3.63) is 0 Å². The highest BCUT2D eigenvalue weighted by atomic mass is 16.4. The van der Waals surface area contributed by atoms with E-state index in [1.807, 2.05) is 0 Å². The van der Waals surface area contributed by atoms with Crippen molar-refractivity contribution in [2.75, 3.05) is 19.7 Å². The molecule has 0 aromatic heterocycles. The van der Waals surface area contributed by atoms with Crippen molar-refractivity contribution in [1.82, 2.24) is 4.90 Å². The van der Waals surface area contributed by atoms with Crippen LogP contribution in [-0.4, -0.2) is 46.7 Å². The minimum Gasteiger partial charge on any atom is -0.481 e. The number of hydrogen-bond acceptors (Lipinski definition) is 3. The van der Waals surface area contributed by atoms with Gasteiger partial charge in [0, 0.05) is 32.5 Å². The fourth-order valence-electron chi connectivity index (χ4n) is 2.16. The van der Waals surface area contributed by atoms with E-state index in [9.17, 15) is 9.59 Å². The van der Waals surface area contributed by atoms with E-state index in [0.717, 1.165) is 12.8 Å². The minimum atomic E-state index is -0.857. The fraction of sp³-hybridized carbons (Fsp3) is 0.833. The van der Waals surface area contributed by atoms with Crippen LogP contribution in [0.15, 0.2) is 0 Å². The molecule has 5 heteroatoms. The van der Waals surface area contributed by atoms with E-state index in [-0.39, 0.29) is 24.9 Å². The molecule has 1 saturated heterocycles. The average Bonchev–Trinajstić information content (AvgIpc) is 2.28. The molecule has 1 atom stereocenters. The number of carbonyl (C=O) groups is 2. The minimum absolute atomic E-state index is 0.0372. The first-order valence-electron chi connectivity index (χ1n) is 6.13. The van der Waals surface area contributed by atoms with Gasteiger partial charge in [0.2, 0.25) is 5.91 Å². The van der Waals surface area contributed by atoms with Crippen LogP contribution < -0.4 is 0 Å². The maximum absolute atomic E-state index is 11.9. The lowest BCUT2D eigenvalue weighted by molar-refractivity contribution is -0.138. The standard InChI is InChI=1S/C12H21NO4/c1-9(7-12(16)17)6-11(15)13-4-2-10(8-14)3-5-13/h9-10,14H,2-8H2,1H3,(H,16,17). The molecule has 0 saturated carbocycles. The molecule has 1 fully saturated rings. The Kier molecular flexibility index (Phi) is 5.41. The molecule has 2 N–H and O–H groups in total. The van der Waals surface area contributed by atoms with Gasteiger partial charge in [-0.25, -0.2) is 0 Å². The third kappa shape index (κ3) is 4.73. The molecule has 5 nitrogen and oxygen atoms in total. The average molecular weight is 243 g/mol. The van der Waals surface area contributed by atoms with Crippen molar-refractivity contribution in [2.45, 2.75) is 32.6 Å². The maximum atomic E-state index is 11.9. The zero-order chi connectivity index (χ0) is 12.8. The van der Waals surface area contributed by atoms with E-state index in [1.54, 1.807) is 11.8 Å². The molecule has 1 amide bonds. The van der Waals surface area contributed by atoms with E-state index >= 15 is 0 Å². The Labute approximate surface area is 101 Å². The molecule has 98 valence electrons. The Morgan fingerprint density at radius 3 is 2.35 bits per heavy atom. The lowest BCUT2D eigenvalue weighted by Gasteiger charge is -2.31. The van der Waals surface area contributed by atoms with Crippen LogP contribution in [0.3, 0.4) is 0 Å². The molecule has 17 heavy (non-hydrogen) atoms. The number of carboxylic acid groups (broad SMARTS) is 1. The van der Waals surface area contributed by atoms with Crippen LogP contribution in [-0.2, 0) is 9.59 Å². The first-order chi connectivity index (χ1) is 8.02. The van der Waals surface area contributed by atoms with Crippen LogP contribution >= 0.6 is 0 Å². The summed E-state index contributed by atoms with van der Waals surface area (Å²) in [6, 6.07) is 0. The second-order valence-electron chi connectivity index (χ2n) is 4.91. The Morgan fingerprint density at radius 1 is 1.29 bits per heavy atom. The van der Waals surface area contributed by atoms with Crippen LogP contribution in [0, 0.1) is 11.8 Å². The number of carbonyl (C=O) groups excluding carboxylic acids is 1. The quantitative estimate of drug-likeness (QED) is 0.745. The largest absolute Gasteiger partial charge is 0.481 e. The lowest BCUT2D eigenvalue weighted by Crippen LogP contribution is -2.39. The second kappa shape index (κ2) is 6.59. The van der Waals surface area contributed by atoms with Crippen molar-refractivity contribution in [3.63, 3.8) is 0 Å². The number of rotatable bonds is 5. The summed E-state index contributed by atoms with van der Waals surface area (Å²) in [4.78, 5) is 24.1. The van der Waals surface area contributed by atoms with Crippen LogP contribution in [0.2, 0.25) is 0 Å². The summed E-state index contributed by atoms with van der Waals surface area (Å²) in [5, 5.41) is 17.6. The van der Waals surface area contributed by atoms with Crippen molar-refractivity contribution in [2.24, 2.45) is 11.8 Å². The Bertz CT molecular complexity index is 272. The predicted octanol–water partition coefficient (Wildman–Crippen LogP) is 0.718. The number of aliphatic carboxylic acids is 1. The van der Waals surface area contributed by atoms with Crippen molar-refractivity contribution in [3.8, 4) is 0 Å². The molecule has 0 aliphatic carbocycles. The van der Waals surface area contributed by atoms with Gasteiger partial charge in [-0.05, 0) is 24.7 Å². The normalized spacial score (nSPS) is 19.1. The molecule has 1 heterocycles. The highest BCUT2D eigenvalue weighted by Crippen LogP contribution is 2.18. The highest BCUT2D eigenvalue weighted by Gasteiger charge is 2.23. The summed E-state index contributed by atoms with van der Waals surface area (Å²) in [5.74, 6) is -0.620. The smallest absolute Gasteiger partial charge is 0.303 e. The number of aliphatic hydroxyl groups excluding tert-OH is 1. The van der Waals surface area contributed by atoms with Gasteiger partial charge < -0.3 is 15.1 Å². The molecule has 0 aromatic rings. The first kappa shape index (κ1) is 14.0. The van der Waals surface area contributed by atoms with Gasteiger partial charge in [-0.1, -0.05) is 6.92 Å². The Hall–Kier alpha value is -1.10. The van der Waals surface area contributed by atoms with Crippen LogP contribution in [0.1, 0.15) is 32.6 Å². The molecule has 0 aromatic carbocycles. The third-order valence-corrected chi connectivity index (χ3v) is 3.27. The molecule has 0 spiro atoms. The molecule has 1 unspecified atom stereocenters. The summed E-state index contributed by atoms with van der Waals surface area (Å²) in [6.07, 6.45) is 2.03. The Balaban J connectivity index is 2.31. The Morgan fingerprint density at radius 2 is 1.88 bits per heavy atom. The summed E-state index contributed by atoms with van der Waals surface area (Å²) >= 11 is 0. The highest BCUT2D eigenvalue weighted by molar-refractivity contribution is 5.77. The molecule has 1 aliphatic heterocycles. The van der Waals surface area contributed by atoms with Crippen LogP contribution in [0.4, 0.5) is 0 Å². The van der Waals surface area contributed by atoms with E-state index < -0.39 is 5.97 Å². The van der Waals surface area contributed by atoms with Gasteiger partial charge in [0.15, 0.2) is 0 Å². The zero-order valence-electron chi connectivity index (χ0n) is 10.3. The van der Waals surface area contributed by atoms with Gasteiger partial charge in [-0.15, -0.1) is 0 Å². The van der Waals surface area contributed by atoms with Gasteiger partial charge >= 0.3 is 5.97 Å². The van der Waals surface area contributed by atoms with E-state index in [0.29, 0.717) is 25.4 Å². The summed E-state index contributed by atoms with van der Waals surface area (Å²) < 4.78 is 0. The van der Waals surface area contributed by atoms with Gasteiger partial charge in [-0.2, -0.15) is 0 Å². The number of nitrogens with zero attached hydrogens (tertiary/aromatic N) is 1. The molecule has 0 bridgehead atoms. The monoisotopic (exact) mass is 243 g/mol. The van der Waals surface area contributed by atoms with Gasteiger partial charge in [0.05, 0.1) is 0 Å². The van der Waals surface area contributed by atoms with Crippen LogP contribution in [0.25, 0.3) is 0 Å². The first-order valence-corrected chi connectivity index (χ1v) is 6.13. The van der Waals surface area contributed by atoms with E-state index in [4.69, 9.17) is 10.2 Å². The summed E-state index contributed by atoms with van der Waals surface area (Å²) in [5.41, 5.74) is 0. The number of carboxylic acids is 1. The zero-order valence-corrected chi connectivity index (χ0v) is 10.3. The fourth-order valence-corrected chi connectivity index (χ4v) is 2.16. The number of aliphatic hydroxyl groups is 1. The topological polar surface area (TPSA) is 77.8 Å². The van der Waals surface area contributed by atoms with Gasteiger partial charge in [0.1, 0.15) is 0 Å². The van der Waals surface area contributed by atoms with E-state index in [2.05, 4.69) is 0 Å². The number of amides is 1. The second-order valence-corrected chi connectivity index (χ2v) is 4.91. The molecule has 1 aliphatic rings. The SMILES string of the molecule is CC(CC(=O)O)CC(=O)N1CCC(CO)CC1. The number of hydrogen-bond donors (Lipinski definition) is 2. The maximum Gasteiger partial charge on any atom is 0.303 e. The van der Waals surface area contributed by atoms with Crippen LogP contribution in [0.5, 0.6) is 0 Å². The van der Waals surface area contributed by atoms with Crippen molar-refractivity contribution < 1.29 is 19.8 Å². The summed E-state index contributed by atoms with van der Waals surface area (Å²) in [6.45, 7) is 3.34. The van der Waals surface area contributed by atoms with E-state index in [1.165, 1.54) is 0 Å². The molecule has 0 radical (unpaired) electrons. The third-order valence-electron chi connectivity index (χ3n) is 3.27. The van der Waals surface area contributed by atoms with Crippen molar-refractivity contribution in [1.29, 1.82) is 0 Å². The predicted molar refractivity (Wildman–Crippen MR) is 62.4 cm³/mol. The van der Waals surface area contributed by atoms with Crippen molar-refractivity contribution >= 4 is 11.9 Å². The van der Waals surface area contributed by atoms with Gasteiger partial charge in [0.25, 0.3) is 0 Å². The summed E-state index contributed by atoms with van der Waals surface area (Å²) in [7, 11) is 0.